The number of carbonyl (C=O) groups is 3. The molecule has 1 fully saturated rings. The number of nitrogens with one attached hydrogen (secondary N) is 1. The lowest BCUT2D eigenvalue weighted by Gasteiger charge is -2.19. The van der Waals surface area contributed by atoms with Crippen LogP contribution in [0.4, 0.5) is 5.69 Å². The van der Waals surface area contributed by atoms with Gasteiger partial charge in [-0.2, -0.15) is 4.99 Å². The average Bonchev–Trinajstić information content (AvgIpc) is 3.08. The van der Waals surface area contributed by atoms with Crippen molar-refractivity contribution < 1.29 is 19.5 Å². The highest BCUT2D eigenvalue weighted by Crippen LogP contribution is 2.31. The standard InChI is InChI=1S/C23H25N5O4S.BrH/c1-14-19(22(32)25-13-12-18(29)30)33-23(28(14)2)27-21(31)16-10-8-15(9-11-16)20(24)26-17-6-4-3-5-7-17;/h3-11,14,19H,12-13H2,1-2H3,(H2,24,26)(H,25,32)(H,29,30);1H. The van der Waals surface area contributed by atoms with E-state index in [0.29, 0.717) is 22.1 Å². The summed E-state index contributed by atoms with van der Waals surface area (Å²) in [4.78, 5) is 46.0. The van der Waals surface area contributed by atoms with Gasteiger partial charge in [0, 0.05) is 30.8 Å². The van der Waals surface area contributed by atoms with Gasteiger partial charge in [-0.25, -0.2) is 4.99 Å². The fourth-order valence-corrected chi connectivity index (χ4v) is 4.35. The molecule has 1 heterocycles. The first-order valence-electron chi connectivity index (χ1n) is 10.3. The minimum absolute atomic E-state index is 0. The Morgan fingerprint density at radius 2 is 1.71 bits per heavy atom. The van der Waals surface area contributed by atoms with Crippen molar-refractivity contribution in [1.29, 1.82) is 0 Å². The van der Waals surface area contributed by atoms with Gasteiger partial charge in [0.2, 0.25) is 5.91 Å². The maximum absolute atomic E-state index is 12.7. The molecule has 1 saturated heterocycles. The van der Waals surface area contributed by atoms with E-state index in [-0.39, 0.29) is 41.9 Å². The number of carboxylic acid groups (broad SMARTS) is 1. The van der Waals surface area contributed by atoms with Crippen molar-refractivity contribution in [2.75, 3.05) is 13.6 Å². The second-order valence-corrected chi connectivity index (χ2v) is 8.54. The number of aliphatic imine (C=N–C) groups is 2. The molecule has 2 aromatic rings. The summed E-state index contributed by atoms with van der Waals surface area (Å²) in [5.74, 6) is -1.36. The van der Waals surface area contributed by atoms with Crippen molar-refractivity contribution >= 4 is 63.2 Å². The van der Waals surface area contributed by atoms with Crippen LogP contribution in [0.2, 0.25) is 0 Å². The Kier molecular flexibility index (Phi) is 9.82. The lowest BCUT2D eigenvalue weighted by molar-refractivity contribution is -0.136. The van der Waals surface area contributed by atoms with Gasteiger partial charge in [0.05, 0.1) is 12.1 Å². The van der Waals surface area contributed by atoms with Crippen LogP contribution in [0.3, 0.4) is 0 Å². The first-order chi connectivity index (χ1) is 15.8. The van der Waals surface area contributed by atoms with Crippen LogP contribution in [0.25, 0.3) is 0 Å². The average molecular weight is 548 g/mol. The monoisotopic (exact) mass is 547 g/mol. The Bertz CT molecular complexity index is 1090. The van der Waals surface area contributed by atoms with Crippen LogP contribution in [-0.4, -0.2) is 63.7 Å². The molecule has 0 radical (unpaired) electrons. The molecule has 2 aromatic carbocycles. The van der Waals surface area contributed by atoms with Gasteiger partial charge in [-0.3, -0.25) is 14.4 Å². The summed E-state index contributed by atoms with van der Waals surface area (Å²) in [6, 6.07) is 15.8. The van der Waals surface area contributed by atoms with Gasteiger partial charge in [-0.15, -0.1) is 17.0 Å². The summed E-state index contributed by atoms with van der Waals surface area (Å²) in [7, 11) is 1.76. The highest BCUT2D eigenvalue weighted by Gasteiger charge is 2.39. The van der Waals surface area contributed by atoms with E-state index in [1.807, 2.05) is 37.3 Å². The second kappa shape index (κ2) is 12.3. The van der Waals surface area contributed by atoms with Crippen molar-refractivity contribution in [2.45, 2.75) is 24.6 Å². The first kappa shape index (κ1) is 27.1. The summed E-state index contributed by atoms with van der Waals surface area (Å²) in [5, 5.41) is 11.3. The number of hydrogen-bond acceptors (Lipinski definition) is 5. The van der Waals surface area contributed by atoms with Gasteiger partial charge in [0.15, 0.2) is 5.17 Å². The predicted molar refractivity (Wildman–Crippen MR) is 139 cm³/mol. The minimum Gasteiger partial charge on any atom is -0.481 e. The number of carbonyl (C=O) groups excluding carboxylic acids is 2. The molecule has 0 saturated carbocycles. The highest BCUT2D eigenvalue weighted by molar-refractivity contribution is 8.93. The van der Waals surface area contributed by atoms with Crippen LogP contribution < -0.4 is 11.1 Å². The minimum atomic E-state index is -0.980. The molecule has 11 heteroatoms. The van der Waals surface area contributed by atoms with E-state index in [9.17, 15) is 14.4 Å². The number of nitrogens with two attached hydrogens (primary N) is 1. The molecule has 180 valence electrons. The zero-order valence-electron chi connectivity index (χ0n) is 18.7. The van der Waals surface area contributed by atoms with Crippen molar-refractivity contribution in [3.05, 3.63) is 65.7 Å². The highest BCUT2D eigenvalue weighted by atomic mass is 79.9. The van der Waals surface area contributed by atoms with E-state index < -0.39 is 17.1 Å². The summed E-state index contributed by atoms with van der Waals surface area (Å²) < 4.78 is 0. The number of rotatable bonds is 7. The smallest absolute Gasteiger partial charge is 0.305 e. The Labute approximate surface area is 212 Å². The van der Waals surface area contributed by atoms with Gasteiger partial charge in [-0.1, -0.05) is 42.1 Å². The van der Waals surface area contributed by atoms with Crippen LogP contribution in [-0.2, 0) is 9.59 Å². The number of para-hydroxylation sites is 1. The third-order valence-electron chi connectivity index (χ3n) is 5.11. The fourth-order valence-electron chi connectivity index (χ4n) is 3.08. The number of aliphatic carboxylic acids is 1. The normalized spacial score (nSPS) is 18.9. The molecule has 34 heavy (non-hydrogen) atoms. The lowest BCUT2D eigenvalue weighted by Crippen LogP contribution is -2.41. The lowest BCUT2D eigenvalue weighted by atomic mass is 10.1. The summed E-state index contributed by atoms with van der Waals surface area (Å²) in [6.45, 7) is 1.90. The van der Waals surface area contributed by atoms with Gasteiger partial charge in [0.25, 0.3) is 5.91 Å². The molecule has 3 rings (SSSR count). The van der Waals surface area contributed by atoms with Crippen molar-refractivity contribution in [3.63, 3.8) is 0 Å². The maximum Gasteiger partial charge on any atom is 0.305 e. The van der Waals surface area contributed by atoms with E-state index in [1.165, 1.54) is 11.8 Å². The Balaban J connectivity index is 0.00000408. The number of thioether (sulfide) groups is 1. The van der Waals surface area contributed by atoms with Gasteiger partial charge in [-0.05, 0) is 31.2 Å². The summed E-state index contributed by atoms with van der Waals surface area (Å²) in [5.41, 5.74) is 7.87. The fraction of sp³-hybridized carbons (Fsp3) is 0.261. The van der Waals surface area contributed by atoms with Crippen molar-refractivity contribution in [1.82, 2.24) is 10.2 Å². The van der Waals surface area contributed by atoms with Crippen molar-refractivity contribution in [2.24, 2.45) is 15.7 Å². The SMILES string of the molecule is Br.CC1C(C(=O)NCCC(=O)O)SC(=NC(=O)c2ccc(C(N)=Nc3ccccc3)cc2)N1C. The van der Waals surface area contributed by atoms with Crippen LogP contribution in [0.1, 0.15) is 29.3 Å². The quantitative estimate of drug-likeness (QED) is 0.358. The molecule has 1 aliphatic rings. The third-order valence-corrected chi connectivity index (χ3v) is 6.56. The molecule has 2 amide bonds. The van der Waals surface area contributed by atoms with Crippen molar-refractivity contribution in [3.8, 4) is 0 Å². The molecular formula is C23H26BrN5O4S. The second-order valence-electron chi connectivity index (χ2n) is 7.43. The van der Waals surface area contributed by atoms with E-state index in [2.05, 4.69) is 15.3 Å². The van der Waals surface area contributed by atoms with Crippen LogP contribution >= 0.6 is 28.7 Å². The van der Waals surface area contributed by atoms with Gasteiger partial charge < -0.3 is 21.1 Å². The molecule has 2 unspecified atom stereocenters. The molecule has 9 nitrogen and oxygen atoms in total. The Morgan fingerprint density at radius 1 is 1.09 bits per heavy atom. The van der Waals surface area contributed by atoms with Crippen LogP contribution in [0, 0.1) is 0 Å². The van der Waals surface area contributed by atoms with Gasteiger partial charge >= 0.3 is 5.97 Å². The third kappa shape index (κ3) is 6.91. The molecule has 0 aromatic heterocycles. The first-order valence-corrected chi connectivity index (χ1v) is 11.2. The molecule has 4 N–H and O–H groups in total. The molecule has 2 atom stereocenters. The van der Waals surface area contributed by atoms with Crippen LogP contribution in [0.5, 0.6) is 0 Å². The number of hydrogen-bond donors (Lipinski definition) is 3. The van der Waals surface area contributed by atoms with Gasteiger partial charge in [0.1, 0.15) is 11.1 Å². The van der Waals surface area contributed by atoms with E-state index in [1.54, 1.807) is 36.2 Å². The maximum atomic E-state index is 12.7. The Hall–Kier alpha value is -3.18. The number of benzene rings is 2. The largest absolute Gasteiger partial charge is 0.481 e. The van der Waals surface area contributed by atoms with E-state index >= 15 is 0 Å². The number of nitrogens with zero attached hydrogens (tertiary/aromatic N) is 3. The molecule has 0 bridgehead atoms. The Morgan fingerprint density at radius 3 is 2.32 bits per heavy atom. The predicted octanol–water partition coefficient (Wildman–Crippen LogP) is 2.82. The molecule has 0 aliphatic carbocycles. The zero-order chi connectivity index (χ0) is 24.0. The van der Waals surface area contributed by atoms with E-state index in [4.69, 9.17) is 10.8 Å². The number of amides is 2. The summed E-state index contributed by atoms with van der Waals surface area (Å²) in [6.07, 6.45) is -0.149. The zero-order valence-corrected chi connectivity index (χ0v) is 21.2. The number of halogens is 1. The molecule has 0 spiro atoms. The summed E-state index contributed by atoms with van der Waals surface area (Å²) >= 11 is 1.18. The molecule has 1 aliphatic heterocycles. The topological polar surface area (TPSA) is 137 Å². The number of amidine groups is 2. The number of carboxylic acids is 1. The van der Waals surface area contributed by atoms with Crippen LogP contribution in [0.15, 0.2) is 64.6 Å². The molecular weight excluding hydrogens is 522 g/mol. The van der Waals surface area contributed by atoms with E-state index in [0.717, 1.165) is 5.69 Å².